The van der Waals surface area contributed by atoms with E-state index in [2.05, 4.69) is 0 Å². The van der Waals surface area contributed by atoms with Crippen LogP contribution in [0.1, 0.15) is 40.1 Å². The normalized spacial score (nSPS) is 9.89. The van der Waals surface area contributed by atoms with E-state index < -0.39 is 11.9 Å². The molecule has 0 unspecified atom stereocenters. The number of rotatable bonds is 5. The van der Waals surface area contributed by atoms with Crippen LogP contribution < -0.4 is 0 Å². The zero-order valence-electron chi connectivity index (χ0n) is 10.2. The molecule has 0 saturated carbocycles. The Bertz CT molecular complexity index is 490. The van der Waals surface area contributed by atoms with Crippen molar-refractivity contribution in [1.82, 2.24) is 0 Å². The number of esters is 1. The minimum absolute atomic E-state index is 0.0190. The maximum Gasteiger partial charge on any atom is 0.338 e. The van der Waals surface area contributed by atoms with Crippen molar-refractivity contribution in [2.24, 2.45) is 0 Å². The molecule has 5 nitrogen and oxygen atoms in total. The van der Waals surface area contributed by atoms with Gasteiger partial charge in [-0.2, -0.15) is 0 Å². The highest BCUT2D eigenvalue weighted by Gasteiger charge is 2.15. The van der Waals surface area contributed by atoms with Crippen molar-refractivity contribution in [2.75, 3.05) is 6.61 Å². The zero-order chi connectivity index (χ0) is 13.7. The molecule has 0 heterocycles. The average molecular weight is 250 g/mol. The molecule has 1 aromatic carbocycles. The van der Waals surface area contributed by atoms with Crippen LogP contribution in [0, 0.1) is 0 Å². The number of hydrogen-bond donors (Lipinski definition) is 1. The van der Waals surface area contributed by atoms with Crippen LogP contribution in [0.4, 0.5) is 0 Å². The molecule has 1 aromatic rings. The molecule has 0 bridgehead atoms. The summed E-state index contributed by atoms with van der Waals surface area (Å²) in [5, 5.41) is 8.98. The summed E-state index contributed by atoms with van der Waals surface area (Å²) in [6.07, 6.45) is -0.0190. The Hall–Kier alpha value is -2.17. The first kappa shape index (κ1) is 13.9. The number of carbonyl (C=O) groups is 3. The number of hydrogen-bond acceptors (Lipinski definition) is 4. The number of carboxylic acid groups (broad SMARTS) is 1. The van der Waals surface area contributed by atoms with Gasteiger partial charge in [-0.3, -0.25) is 4.79 Å². The monoisotopic (exact) mass is 250 g/mol. The molecule has 0 saturated heterocycles. The highest BCUT2D eigenvalue weighted by Crippen LogP contribution is 2.14. The lowest BCUT2D eigenvalue weighted by Gasteiger charge is -2.07. The van der Waals surface area contributed by atoms with E-state index in [1.807, 2.05) is 0 Å². The van der Waals surface area contributed by atoms with Crippen LogP contribution in [0.3, 0.4) is 0 Å². The first-order valence-corrected chi connectivity index (χ1v) is 5.48. The van der Waals surface area contributed by atoms with Gasteiger partial charge in [-0.05, 0) is 37.6 Å². The summed E-state index contributed by atoms with van der Waals surface area (Å²) in [6, 6.07) is 4.08. The third kappa shape index (κ3) is 3.41. The molecule has 0 radical (unpaired) electrons. The third-order valence-corrected chi connectivity index (χ3v) is 2.29. The quantitative estimate of drug-likeness (QED) is 0.804. The van der Waals surface area contributed by atoms with Gasteiger partial charge in [-0.1, -0.05) is 0 Å². The van der Waals surface area contributed by atoms with Gasteiger partial charge >= 0.3 is 11.9 Å². The smallest absolute Gasteiger partial charge is 0.338 e. The highest BCUT2D eigenvalue weighted by molar-refractivity contribution is 5.95. The number of benzene rings is 1. The molecule has 0 fully saturated rings. The second-order valence-electron chi connectivity index (χ2n) is 3.78. The van der Waals surface area contributed by atoms with Crippen LogP contribution in [-0.2, 0) is 16.0 Å². The Labute approximate surface area is 104 Å². The highest BCUT2D eigenvalue weighted by atomic mass is 16.5. The van der Waals surface area contributed by atoms with Gasteiger partial charge in [0, 0.05) is 6.42 Å². The first-order valence-electron chi connectivity index (χ1n) is 5.48. The number of ether oxygens (including phenoxy) is 1. The lowest BCUT2D eigenvalue weighted by molar-refractivity contribution is -0.116. The fourth-order valence-corrected chi connectivity index (χ4v) is 1.56. The second kappa shape index (κ2) is 5.95. The van der Waals surface area contributed by atoms with E-state index in [-0.39, 0.29) is 29.9 Å². The topological polar surface area (TPSA) is 80.7 Å². The van der Waals surface area contributed by atoms with Gasteiger partial charge in [0.15, 0.2) is 0 Å². The fourth-order valence-electron chi connectivity index (χ4n) is 1.56. The van der Waals surface area contributed by atoms with Crippen molar-refractivity contribution in [3.8, 4) is 0 Å². The van der Waals surface area contributed by atoms with Crippen LogP contribution in [0.5, 0.6) is 0 Å². The SMILES string of the molecule is CCOC(=O)c1ccc(C(=O)O)c(CC(C)=O)c1. The van der Waals surface area contributed by atoms with E-state index in [4.69, 9.17) is 9.84 Å². The molecule has 0 aliphatic carbocycles. The largest absolute Gasteiger partial charge is 0.478 e. The third-order valence-electron chi connectivity index (χ3n) is 2.29. The maximum absolute atomic E-state index is 11.5. The molecule has 0 spiro atoms. The Morgan fingerprint density at radius 1 is 1.28 bits per heavy atom. The van der Waals surface area contributed by atoms with Crippen molar-refractivity contribution in [3.63, 3.8) is 0 Å². The van der Waals surface area contributed by atoms with Gasteiger partial charge in [-0.15, -0.1) is 0 Å². The number of aromatic carboxylic acids is 1. The van der Waals surface area contributed by atoms with E-state index in [1.165, 1.54) is 25.1 Å². The Kier molecular flexibility index (Phi) is 4.59. The molecule has 1 rings (SSSR count). The summed E-state index contributed by atoms with van der Waals surface area (Å²) in [5.74, 6) is -1.82. The van der Waals surface area contributed by atoms with Crippen molar-refractivity contribution >= 4 is 17.7 Å². The molecular weight excluding hydrogens is 236 g/mol. The number of carbonyl (C=O) groups excluding carboxylic acids is 2. The summed E-state index contributed by atoms with van der Waals surface area (Å²) in [5.41, 5.74) is 0.594. The van der Waals surface area contributed by atoms with Gasteiger partial charge < -0.3 is 9.84 Å². The second-order valence-corrected chi connectivity index (χ2v) is 3.78. The standard InChI is InChI=1S/C13H14O5/c1-3-18-13(17)9-4-5-11(12(15)16)10(7-9)6-8(2)14/h4-5,7H,3,6H2,1-2H3,(H,15,16). The fraction of sp³-hybridized carbons (Fsp3) is 0.308. The molecule has 5 heteroatoms. The van der Waals surface area contributed by atoms with Gasteiger partial charge in [0.1, 0.15) is 5.78 Å². The van der Waals surface area contributed by atoms with Crippen molar-refractivity contribution in [3.05, 3.63) is 34.9 Å². The predicted octanol–water partition coefficient (Wildman–Crippen LogP) is 1.69. The van der Waals surface area contributed by atoms with Crippen LogP contribution in [0.15, 0.2) is 18.2 Å². The summed E-state index contributed by atoms with van der Waals surface area (Å²) < 4.78 is 4.82. The van der Waals surface area contributed by atoms with Crippen LogP contribution in [0.25, 0.3) is 0 Å². The van der Waals surface area contributed by atoms with Crippen LogP contribution >= 0.6 is 0 Å². The van der Waals surface area contributed by atoms with E-state index in [0.29, 0.717) is 5.56 Å². The van der Waals surface area contributed by atoms with Crippen molar-refractivity contribution < 1.29 is 24.2 Å². The summed E-state index contributed by atoms with van der Waals surface area (Å²) in [4.78, 5) is 33.6. The lowest BCUT2D eigenvalue weighted by Crippen LogP contribution is -2.10. The molecule has 1 N–H and O–H groups in total. The molecule has 0 amide bonds. The lowest BCUT2D eigenvalue weighted by atomic mass is 10.00. The molecule has 96 valence electrons. The van der Waals surface area contributed by atoms with E-state index in [1.54, 1.807) is 6.92 Å². The molecule has 18 heavy (non-hydrogen) atoms. The zero-order valence-corrected chi connectivity index (χ0v) is 10.2. The summed E-state index contributed by atoms with van der Waals surface area (Å²) in [7, 11) is 0. The Balaban J connectivity index is 3.16. The Morgan fingerprint density at radius 3 is 2.44 bits per heavy atom. The molecule has 0 aliphatic rings. The Morgan fingerprint density at radius 2 is 1.94 bits per heavy atom. The molecule has 0 atom stereocenters. The van der Waals surface area contributed by atoms with Gasteiger partial charge in [0.25, 0.3) is 0 Å². The van der Waals surface area contributed by atoms with E-state index >= 15 is 0 Å². The van der Waals surface area contributed by atoms with Crippen LogP contribution in [-0.4, -0.2) is 29.4 Å². The van der Waals surface area contributed by atoms with Crippen molar-refractivity contribution in [2.45, 2.75) is 20.3 Å². The number of carboxylic acids is 1. The first-order chi connectivity index (χ1) is 8.45. The van der Waals surface area contributed by atoms with Crippen LogP contribution in [0.2, 0.25) is 0 Å². The maximum atomic E-state index is 11.5. The average Bonchev–Trinajstić information content (AvgIpc) is 2.28. The molecular formula is C13H14O5. The summed E-state index contributed by atoms with van der Waals surface area (Å²) >= 11 is 0. The number of ketones is 1. The predicted molar refractivity (Wildman–Crippen MR) is 63.7 cm³/mol. The minimum atomic E-state index is -1.12. The molecule has 0 aromatic heterocycles. The molecule has 0 aliphatic heterocycles. The van der Waals surface area contributed by atoms with Gasteiger partial charge in [-0.25, -0.2) is 9.59 Å². The summed E-state index contributed by atoms with van der Waals surface area (Å²) in [6.45, 7) is 3.28. The van der Waals surface area contributed by atoms with Crippen molar-refractivity contribution in [1.29, 1.82) is 0 Å². The van der Waals surface area contributed by atoms with Gasteiger partial charge in [0.2, 0.25) is 0 Å². The van der Waals surface area contributed by atoms with Gasteiger partial charge in [0.05, 0.1) is 17.7 Å². The van der Waals surface area contributed by atoms with E-state index in [9.17, 15) is 14.4 Å². The minimum Gasteiger partial charge on any atom is -0.478 e. The number of Topliss-reactive ketones (excluding diaryl/α,β-unsaturated/α-hetero) is 1. The van der Waals surface area contributed by atoms with E-state index in [0.717, 1.165) is 0 Å².